The molecule has 7 heteroatoms. The molecule has 0 atom stereocenters. The van der Waals surface area contributed by atoms with E-state index in [4.69, 9.17) is 4.98 Å². The highest BCUT2D eigenvalue weighted by atomic mass is 15.3. The smallest absolute Gasteiger partial charge is 0.229 e. The van der Waals surface area contributed by atoms with Crippen LogP contribution < -0.4 is 5.32 Å². The number of nitrogens with one attached hydrogen (secondary N) is 1. The van der Waals surface area contributed by atoms with E-state index in [1.165, 1.54) is 11.3 Å². The molecule has 0 spiro atoms. The SMILES string of the molecule is CC1=C(n2nc(C)c3cnc(Nc4cc5nccnc5cc4C)nc32)CC1. The summed E-state index contributed by atoms with van der Waals surface area (Å²) in [4.78, 5) is 18.0. The van der Waals surface area contributed by atoms with Crippen LogP contribution in [0.15, 0.2) is 36.3 Å². The predicted molar refractivity (Wildman–Crippen MR) is 106 cm³/mol. The van der Waals surface area contributed by atoms with Gasteiger partial charge in [-0.1, -0.05) is 5.57 Å². The van der Waals surface area contributed by atoms with Crippen molar-refractivity contribution in [1.82, 2.24) is 29.7 Å². The normalized spacial score (nSPS) is 14.0. The third-order valence-corrected chi connectivity index (χ3v) is 5.16. The highest BCUT2D eigenvalue weighted by Crippen LogP contribution is 2.33. The van der Waals surface area contributed by atoms with E-state index in [1.54, 1.807) is 12.4 Å². The minimum absolute atomic E-state index is 0.549. The maximum Gasteiger partial charge on any atom is 0.229 e. The molecule has 3 heterocycles. The van der Waals surface area contributed by atoms with E-state index >= 15 is 0 Å². The Kier molecular flexibility index (Phi) is 3.43. The number of aromatic nitrogens is 6. The lowest BCUT2D eigenvalue weighted by Crippen LogP contribution is -2.10. The Morgan fingerprint density at radius 1 is 0.963 bits per heavy atom. The number of nitrogens with zero attached hydrogens (tertiary/aromatic N) is 6. The number of rotatable bonds is 3. The van der Waals surface area contributed by atoms with Gasteiger partial charge in [0, 0.05) is 30.0 Å². The van der Waals surface area contributed by atoms with Gasteiger partial charge in [-0.25, -0.2) is 9.67 Å². The fourth-order valence-corrected chi connectivity index (χ4v) is 3.43. The van der Waals surface area contributed by atoms with Crippen molar-refractivity contribution in [2.24, 2.45) is 0 Å². The van der Waals surface area contributed by atoms with Gasteiger partial charge in [-0.15, -0.1) is 0 Å². The van der Waals surface area contributed by atoms with E-state index in [-0.39, 0.29) is 0 Å². The molecule has 27 heavy (non-hydrogen) atoms. The Morgan fingerprint density at radius 3 is 2.44 bits per heavy atom. The topological polar surface area (TPSA) is 81.4 Å². The maximum absolute atomic E-state index is 4.76. The van der Waals surface area contributed by atoms with Gasteiger partial charge >= 0.3 is 0 Å². The van der Waals surface area contributed by atoms with E-state index in [2.05, 4.69) is 32.3 Å². The predicted octanol–water partition coefficient (Wildman–Crippen LogP) is 4.15. The van der Waals surface area contributed by atoms with E-state index in [1.807, 2.05) is 36.9 Å². The molecule has 4 aromatic rings. The van der Waals surface area contributed by atoms with Crippen LogP contribution in [0.25, 0.3) is 27.8 Å². The van der Waals surface area contributed by atoms with Crippen LogP contribution in [0.1, 0.15) is 31.0 Å². The summed E-state index contributed by atoms with van der Waals surface area (Å²) in [5.41, 5.74) is 8.10. The van der Waals surface area contributed by atoms with Crippen LogP contribution in [-0.2, 0) is 0 Å². The molecular weight excluding hydrogens is 338 g/mol. The lowest BCUT2D eigenvalue weighted by molar-refractivity contribution is 0.763. The lowest BCUT2D eigenvalue weighted by Gasteiger charge is -2.21. The molecule has 134 valence electrons. The first-order valence-electron chi connectivity index (χ1n) is 9.00. The van der Waals surface area contributed by atoms with Crippen molar-refractivity contribution in [3.63, 3.8) is 0 Å². The summed E-state index contributed by atoms with van der Waals surface area (Å²) < 4.78 is 1.97. The Labute approximate surface area is 156 Å². The molecule has 0 radical (unpaired) electrons. The first-order chi connectivity index (χ1) is 13.1. The van der Waals surface area contributed by atoms with Gasteiger partial charge in [0.05, 0.1) is 22.1 Å². The van der Waals surface area contributed by atoms with Crippen LogP contribution in [0, 0.1) is 13.8 Å². The quantitative estimate of drug-likeness (QED) is 0.593. The summed E-state index contributed by atoms with van der Waals surface area (Å²) in [6.07, 6.45) is 7.40. The molecule has 1 aliphatic rings. The van der Waals surface area contributed by atoms with E-state index in [0.29, 0.717) is 5.95 Å². The lowest BCUT2D eigenvalue weighted by atomic mass is 9.96. The van der Waals surface area contributed by atoms with Crippen LogP contribution in [0.5, 0.6) is 0 Å². The van der Waals surface area contributed by atoms with E-state index in [9.17, 15) is 0 Å². The van der Waals surface area contributed by atoms with Crippen LogP contribution in [0.4, 0.5) is 11.6 Å². The van der Waals surface area contributed by atoms with Crippen molar-refractivity contribution >= 4 is 39.4 Å². The number of fused-ring (bicyclic) bond motifs is 2. The van der Waals surface area contributed by atoms with Crippen molar-refractivity contribution in [2.75, 3.05) is 5.32 Å². The minimum Gasteiger partial charge on any atom is -0.324 e. The second-order valence-corrected chi connectivity index (χ2v) is 6.99. The van der Waals surface area contributed by atoms with Crippen molar-refractivity contribution in [3.05, 3.63) is 47.6 Å². The Balaban J connectivity index is 1.59. The zero-order valence-corrected chi connectivity index (χ0v) is 15.5. The van der Waals surface area contributed by atoms with Gasteiger partial charge < -0.3 is 5.32 Å². The van der Waals surface area contributed by atoms with Gasteiger partial charge in [0.15, 0.2) is 5.65 Å². The van der Waals surface area contributed by atoms with Crippen molar-refractivity contribution in [3.8, 4) is 0 Å². The first-order valence-corrected chi connectivity index (χ1v) is 9.00. The average molecular weight is 357 g/mol. The molecule has 0 saturated carbocycles. The molecule has 0 aliphatic heterocycles. The minimum atomic E-state index is 0.549. The number of allylic oxidation sites excluding steroid dienone is 2. The fraction of sp³-hybridized carbons (Fsp3) is 0.250. The van der Waals surface area contributed by atoms with E-state index < -0.39 is 0 Å². The molecule has 7 nitrogen and oxygen atoms in total. The molecule has 1 N–H and O–H groups in total. The third-order valence-electron chi connectivity index (χ3n) is 5.16. The van der Waals surface area contributed by atoms with E-state index in [0.717, 1.165) is 51.9 Å². The number of aryl methyl sites for hydroxylation is 2. The zero-order chi connectivity index (χ0) is 18.5. The largest absolute Gasteiger partial charge is 0.324 e. The van der Waals surface area contributed by atoms with Gasteiger partial charge in [-0.05, 0) is 51.3 Å². The molecule has 0 unspecified atom stereocenters. The molecule has 3 aromatic heterocycles. The van der Waals surface area contributed by atoms with Gasteiger partial charge in [0.1, 0.15) is 0 Å². The Hall–Kier alpha value is -3.35. The second-order valence-electron chi connectivity index (χ2n) is 6.99. The number of anilines is 2. The number of hydrogen-bond donors (Lipinski definition) is 1. The fourth-order valence-electron chi connectivity index (χ4n) is 3.43. The molecular formula is C20H19N7. The summed E-state index contributed by atoms with van der Waals surface area (Å²) >= 11 is 0. The maximum atomic E-state index is 4.76. The third kappa shape index (κ3) is 2.54. The number of benzene rings is 1. The molecule has 5 rings (SSSR count). The summed E-state index contributed by atoms with van der Waals surface area (Å²) in [6, 6.07) is 3.99. The molecule has 0 amide bonds. The molecule has 0 saturated heterocycles. The summed E-state index contributed by atoms with van der Waals surface area (Å²) in [5, 5.41) is 8.99. The second kappa shape index (κ2) is 5.84. The van der Waals surface area contributed by atoms with Gasteiger partial charge in [0.2, 0.25) is 5.95 Å². The molecule has 1 aliphatic carbocycles. The van der Waals surface area contributed by atoms with Gasteiger partial charge in [0.25, 0.3) is 0 Å². The van der Waals surface area contributed by atoms with Crippen molar-refractivity contribution in [1.29, 1.82) is 0 Å². The van der Waals surface area contributed by atoms with Crippen LogP contribution in [0.3, 0.4) is 0 Å². The highest BCUT2D eigenvalue weighted by Gasteiger charge is 2.20. The van der Waals surface area contributed by atoms with Gasteiger partial charge in [-0.2, -0.15) is 10.1 Å². The monoisotopic (exact) mass is 357 g/mol. The Bertz CT molecular complexity index is 1240. The van der Waals surface area contributed by atoms with Crippen LogP contribution in [-0.4, -0.2) is 29.7 Å². The van der Waals surface area contributed by atoms with Crippen molar-refractivity contribution < 1.29 is 0 Å². The van der Waals surface area contributed by atoms with Crippen LogP contribution >= 0.6 is 0 Å². The summed E-state index contributed by atoms with van der Waals surface area (Å²) in [6.45, 7) is 6.18. The summed E-state index contributed by atoms with van der Waals surface area (Å²) in [5.74, 6) is 0.549. The molecule has 0 bridgehead atoms. The standard InChI is InChI=1S/C20H19N7/c1-11-4-5-18(11)27-19-14(13(3)26-27)10-23-20(25-19)24-15-9-17-16(8-12(15)2)21-6-7-22-17/h6-10H,4-5H2,1-3H3,(H,23,24,25). The van der Waals surface area contributed by atoms with Crippen LogP contribution in [0.2, 0.25) is 0 Å². The molecule has 0 fully saturated rings. The first kappa shape index (κ1) is 15.9. The van der Waals surface area contributed by atoms with Gasteiger partial charge in [-0.3, -0.25) is 9.97 Å². The highest BCUT2D eigenvalue weighted by molar-refractivity contribution is 5.84. The average Bonchev–Trinajstić information content (AvgIpc) is 2.97. The van der Waals surface area contributed by atoms with Crippen molar-refractivity contribution in [2.45, 2.75) is 33.6 Å². The zero-order valence-electron chi connectivity index (χ0n) is 15.5. The molecule has 1 aromatic carbocycles. The number of hydrogen-bond acceptors (Lipinski definition) is 6. The summed E-state index contributed by atoms with van der Waals surface area (Å²) in [7, 11) is 0. The Morgan fingerprint density at radius 2 is 1.74 bits per heavy atom.